The summed E-state index contributed by atoms with van der Waals surface area (Å²) < 4.78 is 10.7. The average Bonchev–Trinajstić information content (AvgIpc) is 2.90. The lowest BCUT2D eigenvalue weighted by Crippen LogP contribution is -2.56. The van der Waals surface area contributed by atoms with Crippen molar-refractivity contribution in [3.63, 3.8) is 0 Å². The monoisotopic (exact) mass is 298 g/mol. The van der Waals surface area contributed by atoms with E-state index in [-0.39, 0.29) is 12.0 Å². The zero-order valence-corrected chi connectivity index (χ0v) is 13.9. The summed E-state index contributed by atoms with van der Waals surface area (Å²) in [5.74, 6) is -0.111. The highest BCUT2D eigenvalue weighted by Gasteiger charge is 2.48. The van der Waals surface area contributed by atoms with E-state index in [4.69, 9.17) is 9.47 Å². The summed E-state index contributed by atoms with van der Waals surface area (Å²) >= 11 is 0. The molecule has 0 aromatic heterocycles. The molecule has 0 aromatic carbocycles. The van der Waals surface area contributed by atoms with Gasteiger partial charge >= 0.3 is 5.97 Å². The molecule has 2 fully saturated rings. The van der Waals surface area contributed by atoms with Crippen LogP contribution in [0.5, 0.6) is 0 Å². The number of nitrogens with one attached hydrogen (secondary N) is 1. The molecule has 2 aliphatic rings. The quantitative estimate of drug-likeness (QED) is 0.781. The van der Waals surface area contributed by atoms with Crippen LogP contribution in [0.4, 0.5) is 0 Å². The molecular formula is C16H30N2O3. The summed E-state index contributed by atoms with van der Waals surface area (Å²) in [5, 5.41) is 3.48. The third-order valence-electron chi connectivity index (χ3n) is 4.84. The summed E-state index contributed by atoms with van der Waals surface area (Å²) in [4.78, 5) is 14.9. The molecule has 1 saturated heterocycles. The maximum Gasteiger partial charge on any atom is 0.326 e. The van der Waals surface area contributed by atoms with Gasteiger partial charge in [0, 0.05) is 24.7 Å². The minimum atomic E-state index is -0.510. The molecule has 21 heavy (non-hydrogen) atoms. The van der Waals surface area contributed by atoms with E-state index in [2.05, 4.69) is 31.0 Å². The Bertz CT molecular complexity index is 361. The molecule has 5 nitrogen and oxygen atoms in total. The summed E-state index contributed by atoms with van der Waals surface area (Å²) in [7, 11) is 1.49. The number of methoxy groups -OCH3 is 1. The fourth-order valence-corrected chi connectivity index (χ4v) is 3.93. The van der Waals surface area contributed by atoms with E-state index >= 15 is 0 Å². The zero-order valence-electron chi connectivity index (χ0n) is 13.9. The topological polar surface area (TPSA) is 50.8 Å². The van der Waals surface area contributed by atoms with E-state index in [1.54, 1.807) is 0 Å². The molecule has 0 amide bonds. The SMILES string of the molecule is CCC1COCCN1C1CCC(NC(C)C)(C(=O)OC)C1. The minimum Gasteiger partial charge on any atom is -0.468 e. The Kier molecular flexibility index (Phi) is 5.63. The molecule has 0 spiro atoms. The fourth-order valence-electron chi connectivity index (χ4n) is 3.93. The van der Waals surface area contributed by atoms with E-state index < -0.39 is 5.54 Å². The zero-order chi connectivity index (χ0) is 15.5. The van der Waals surface area contributed by atoms with E-state index in [1.807, 2.05) is 0 Å². The van der Waals surface area contributed by atoms with Gasteiger partial charge in [0.25, 0.3) is 0 Å². The highest BCUT2D eigenvalue weighted by molar-refractivity contribution is 5.81. The number of esters is 1. The lowest BCUT2D eigenvalue weighted by Gasteiger charge is -2.40. The third-order valence-corrected chi connectivity index (χ3v) is 4.84. The summed E-state index contributed by atoms with van der Waals surface area (Å²) in [6, 6.07) is 1.20. The molecular weight excluding hydrogens is 268 g/mol. The van der Waals surface area contributed by atoms with Crippen molar-refractivity contribution in [2.24, 2.45) is 0 Å². The number of hydrogen-bond donors (Lipinski definition) is 1. The maximum absolute atomic E-state index is 12.3. The second kappa shape index (κ2) is 7.07. The summed E-state index contributed by atoms with van der Waals surface area (Å²) in [5.41, 5.74) is -0.510. The van der Waals surface area contributed by atoms with E-state index in [0.29, 0.717) is 12.1 Å². The van der Waals surface area contributed by atoms with Crippen LogP contribution in [-0.4, -0.2) is 61.4 Å². The molecule has 1 saturated carbocycles. The summed E-state index contributed by atoms with van der Waals surface area (Å²) in [6.45, 7) is 8.97. The average molecular weight is 298 g/mol. The van der Waals surface area contributed by atoms with Crippen molar-refractivity contribution in [1.29, 1.82) is 0 Å². The fraction of sp³-hybridized carbons (Fsp3) is 0.938. The number of morpholine rings is 1. The number of hydrogen-bond acceptors (Lipinski definition) is 5. The highest BCUT2D eigenvalue weighted by Crippen LogP contribution is 2.36. The van der Waals surface area contributed by atoms with Gasteiger partial charge in [-0.05, 0) is 39.5 Å². The van der Waals surface area contributed by atoms with Crippen LogP contribution in [-0.2, 0) is 14.3 Å². The van der Waals surface area contributed by atoms with Crippen LogP contribution >= 0.6 is 0 Å². The second-order valence-corrected chi connectivity index (χ2v) is 6.64. The lowest BCUT2D eigenvalue weighted by molar-refractivity contribution is -0.149. The Balaban J connectivity index is 2.09. The van der Waals surface area contributed by atoms with Crippen molar-refractivity contribution in [1.82, 2.24) is 10.2 Å². The van der Waals surface area contributed by atoms with Gasteiger partial charge in [0.2, 0.25) is 0 Å². The van der Waals surface area contributed by atoms with Gasteiger partial charge in [-0.15, -0.1) is 0 Å². The van der Waals surface area contributed by atoms with Gasteiger partial charge in [-0.25, -0.2) is 0 Å². The van der Waals surface area contributed by atoms with Crippen molar-refractivity contribution >= 4 is 5.97 Å². The van der Waals surface area contributed by atoms with Gasteiger partial charge in [-0.3, -0.25) is 15.0 Å². The molecule has 122 valence electrons. The van der Waals surface area contributed by atoms with Crippen LogP contribution in [0.2, 0.25) is 0 Å². The molecule has 1 N–H and O–H groups in total. The van der Waals surface area contributed by atoms with Gasteiger partial charge in [-0.1, -0.05) is 6.92 Å². The molecule has 0 aromatic rings. The first-order valence-electron chi connectivity index (χ1n) is 8.22. The Morgan fingerprint density at radius 1 is 1.52 bits per heavy atom. The third kappa shape index (κ3) is 3.58. The number of rotatable bonds is 5. The first-order valence-corrected chi connectivity index (χ1v) is 8.22. The second-order valence-electron chi connectivity index (χ2n) is 6.64. The Labute approximate surface area is 128 Å². The molecule has 0 bridgehead atoms. The van der Waals surface area contributed by atoms with Crippen LogP contribution in [0.25, 0.3) is 0 Å². The highest BCUT2D eigenvalue weighted by atomic mass is 16.5. The van der Waals surface area contributed by atoms with Gasteiger partial charge in [0.15, 0.2) is 0 Å². The van der Waals surface area contributed by atoms with E-state index in [9.17, 15) is 4.79 Å². The predicted molar refractivity (Wildman–Crippen MR) is 82.3 cm³/mol. The normalized spacial score (nSPS) is 34.3. The smallest absolute Gasteiger partial charge is 0.326 e. The van der Waals surface area contributed by atoms with Gasteiger partial charge in [-0.2, -0.15) is 0 Å². The van der Waals surface area contributed by atoms with Crippen LogP contribution in [0.1, 0.15) is 46.5 Å². The largest absolute Gasteiger partial charge is 0.468 e. The number of nitrogens with zero attached hydrogens (tertiary/aromatic N) is 1. The first kappa shape index (κ1) is 16.7. The molecule has 0 radical (unpaired) electrons. The molecule has 1 aliphatic carbocycles. The van der Waals surface area contributed by atoms with Crippen molar-refractivity contribution in [3.8, 4) is 0 Å². The number of carbonyl (C=O) groups excluding carboxylic acids is 1. The minimum absolute atomic E-state index is 0.111. The number of ether oxygens (including phenoxy) is 2. The maximum atomic E-state index is 12.3. The predicted octanol–water partition coefficient (Wildman–Crippen LogP) is 1.56. The van der Waals surface area contributed by atoms with Crippen LogP contribution in [0.3, 0.4) is 0 Å². The molecule has 1 heterocycles. The van der Waals surface area contributed by atoms with Gasteiger partial charge < -0.3 is 9.47 Å². The Hall–Kier alpha value is -0.650. The Morgan fingerprint density at radius 2 is 2.29 bits per heavy atom. The van der Waals surface area contributed by atoms with Crippen molar-refractivity contribution in [2.75, 3.05) is 26.9 Å². The van der Waals surface area contributed by atoms with Gasteiger partial charge in [0.1, 0.15) is 5.54 Å². The molecule has 1 aliphatic heterocycles. The van der Waals surface area contributed by atoms with Crippen LogP contribution < -0.4 is 5.32 Å². The standard InChI is InChI=1S/C16H30N2O3/c1-5-13-11-21-9-8-18(13)14-6-7-16(10-14,15(19)20-4)17-12(2)3/h12-14,17H,5-11H2,1-4H3. The lowest BCUT2D eigenvalue weighted by atomic mass is 9.95. The van der Waals surface area contributed by atoms with Crippen molar-refractivity contribution in [3.05, 3.63) is 0 Å². The summed E-state index contributed by atoms with van der Waals surface area (Å²) in [6.07, 6.45) is 3.84. The number of carbonyl (C=O) groups is 1. The molecule has 5 heteroatoms. The van der Waals surface area contributed by atoms with Gasteiger partial charge in [0.05, 0.1) is 20.3 Å². The van der Waals surface area contributed by atoms with E-state index in [1.165, 1.54) is 7.11 Å². The molecule has 3 unspecified atom stereocenters. The first-order chi connectivity index (χ1) is 10.0. The Morgan fingerprint density at radius 3 is 2.90 bits per heavy atom. The van der Waals surface area contributed by atoms with Crippen molar-refractivity contribution < 1.29 is 14.3 Å². The van der Waals surface area contributed by atoms with Crippen LogP contribution in [0, 0.1) is 0 Å². The van der Waals surface area contributed by atoms with Crippen LogP contribution in [0.15, 0.2) is 0 Å². The molecule has 3 atom stereocenters. The van der Waals surface area contributed by atoms with E-state index in [0.717, 1.165) is 45.4 Å². The van der Waals surface area contributed by atoms with Crippen molar-refractivity contribution in [2.45, 2.75) is 70.1 Å². The molecule has 2 rings (SSSR count).